The van der Waals surface area contributed by atoms with Gasteiger partial charge in [-0.1, -0.05) is 12.8 Å². The molecule has 0 fully saturated rings. The Bertz CT molecular complexity index is 67.9. The molecule has 0 heterocycles. The molecule has 0 aliphatic heterocycles. The summed E-state index contributed by atoms with van der Waals surface area (Å²) in [7, 11) is -0.270. The normalized spacial score (nSPS) is 13.8. The molecule has 0 saturated heterocycles. The summed E-state index contributed by atoms with van der Waals surface area (Å²) in [4.78, 5) is 0. The molecule has 3 heteroatoms. The van der Waals surface area contributed by atoms with Crippen molar-refractivity contribution in [2.75, 3.05) is 31.1 Å². The number of thiol groups is 1. The van der Waals surface area contributed by atoms with E-state index in [1.807, 2.05) is 0 Å². The first-order valence-electron chi connectivity index (χ1n) is 3.09. The number of hydrogen-bond acceptors (Lipinski definition) is 2. The fourth-order valence-electron chi connectivity index (χ4n) is 0.584. The fourth-order valence-corrected chi connectivity index (χ4v) is 1.75. The van der Waals surface area contributed by atoms with Gasteiger partial charge in [-0.05, 0) is 30.9 Å². The molecule has 1 N–H and O–H groups in total. The number of hydrogen-bond donors (Lipinski definition) is 2. The molecule has 0 bridgehead atoms. The van der Waals surface area contributed by atoms with Crippen molar-refractivity contribution < 1.29 is 0 Å². The van der Waals surface area contributed by atoms with Crippen LogP contribution in [0, 0.1) is 0 Å². The average Bonchev–Trinajstić information content (AvgIpc) is 1.63. The lowest BCUT2D eigenvalue weighted by molar-refractivity contribution is 0.889. The van der Waals surface area contributed by atoms with Gasteiger partial charge in [-0.15, -0.1) is 0 Å². The van der Waals surface area contributed by atoms with Crippen LogP contribution >= 0.6 is 22.8 Å². The van der Waals surface area contributed by atoms with Crippen LogP contribution in [0.5, 0.6) is 0 Å². The quantitative estimate of drug-likeness (QED) is 0.478. The molecule has 0 spiro atoms. The maximum absolute atomic E-state index is 3.91. The van der Waals surface area contributed by atoms with E-state index < -0.39 is 0 Å². The SMILES string of the molecule is CS(C)(C)CCCNS. The monoisotopic (exact) mass is 167 g/mol. The van der Waals surface area contributed by atoms with Gasteiger partial charge in [-0.3, -0.25) is 4.72 Å². The van der Waals surface area contributed by atoms with Crippen molar-refractivity contribution in [2.24, 2.45) is 0 Å². The van der Waals surface area contributed by atoms with Crippen LogP contribution in [-0.2, 0) is 0 Å². The lowest BCUT2D eigenvalue weighted by Crippen LogP contribution is -2.07. The second-order valence-electron chi connectivity index (χ2n) is 3.06. The molecule has 0 atom stereocenters. The first-order chi connectivity index (χ1) is 4.06. The standard InChI is InChI=1S/C6H17NS2/c1-9(2,3)6-4-5-7-8/h7-8H,4-6H2,1-3H3. The van der Waals surface area contributed by atoms with Crippen molar-refractivity contribution >= 4 is 22.8 Å². The van der Waals surface area contributed by atoms with Crippen LogP contribution < -0.4 is 4.72 Å². The molecule has 0 aromatic rings. The van der Waals surface area contributed by atoms with Crippen LogP contribution in [0.2, 0.25) is 0 Å². The molecule has 0 radical (unpaired) electrons. The summed E-state index contributed by atoms with van der Waals surface area (Å²) in [6.07, 6.45) is 8.27. The van der Waals surface area contributed by atoms with E-state index in [1.54, 1.807) is 0 Å². The van der Waals surface area contributed by atoms with Crippen molar-refractivity contribution in [3.63, 3.8) is 0 Å². The van der Waals surface area contributed by atoms with Crippen LogP contribution in [0.15, 0.2) is 0 Å². The Kier molecular flexibility index (Phi) is 4.80. The Balaban J connectivity index is 3.07. The van der Waals surface area contributed by atoms with Gasteiger partial charge in [0, 0.05) is 6.54 Å². The summed E-state index contributed by atoms with van der Waals surface area (Å²) in [5, 5.41) is 0. The molecule has 0 amide bonds. The van der Waals surface area contributed by atoms with Crippen molar-refractivity contribution in [3.8, 4) is 0 Å². The minimum Gasteiger partial charge on any atom is -0.267 e. The summed E-state index contributed by atoms with van der Waals surface area (Å²) >= 11 is 3.91. The highest BCUT2D eigenvalue weighted by atomic mass is 32.3. The van der Waals surface area contributed by atoms with E-state index in [0.717, 1.165) is 6.54 Å². The van der Waals surface area contributed by atoms with Gasteiger partial charge in [-0.2, -0.15) is 0 Å². The van der Waals surface area contributed by atoms with Gasteiger partial charge in [0.1, 0.15) is 0 Å². The highest BCUT2D eigenvalue weighted by Gasteiger charge is 2.01. The van der Waals surface area contributed by atoms with Crippen LogP contribution in [0.1, 0.15) is 6.42 Å². The lowest BCUT2D eigenvalue weighted by atomic mass is 10.5. The maximum Gasteiger partial charge on any atom is 0.00634 e. The van der Waals surface area contributed by atoms with Gasteiger partial charge in [0.05, 0.1) is 0 Å². The molecule has 0 unspecified atom stereocenters. The summed E-state index contributed by atoms with van der Waals surface area (Å²) in [6, 6.07) is 0. The molecular formula is C6H17NS2. The minimum atomic E-state index is -0.270. The molecule has 0 aliphatic carbocycles. The third-order valence-electron chi connectivity index (χ3n) is 1.05. The largest absolute Gasteiger partial charge is 0.267 e. The summed E-state index contributed by atoms with van der Waals surface area (Å²) in [5.74, 6) is 1.35. The molecule has 1 nitrogen and oxygen atoms in total. The predicted octanol–water partition coefficient (Wildman–Crippen LogP) is 1.50. The lowest BCUT2D eigenvalue weighted by Gasteiger charge is -2.24. The third kappa shape index (κ3) is 8.66. The smallest absolute Gasteiger partial charge is 0.00634 e. The van der Waals surface area contributed by atoms with Crippen molar-refractivity contribution in [1.29, 1.82) is 0 Å². The van der Waals surface area contributed by atoms with Crippen LogP contribution in [-0.4, -0.2) is 31.1 Å². The molecule has 0 aliphatic rings. The van der Waals surface area contributed by atoms with Gasteiger partial charge in [-0.25, -0.2) is 10.0 Å². The molecule has 58 valence electrons. The first-order valence-corrected chi connectivity index (χ1v) is 6.56. The van der Waals surface area contributed by atoms with E-state index in [0.29, 0.717) is 0 Å². The highest BCUT2D eigenvalue weighted by molar-refractivity contribution is 8.32. The van der Waals surface area contributed by atoms with E-state index in [-0.39, 0.29) is 10.0 Å². The summed E-state index contributed by atoms with van der Waals surface area (Å²) in [6.45, 7) is 1.04. The highest BCUT2D eigenvalue weighted by Crippen LogP contribution is 2.34. The fraction of sp³-hybridized carbons (Fsp3) is 1.00. The molecule has 0 aromatic heterocycles. The van der Waals surface area contributed by atoms with Crippen LogP contribution in [0.25, 0.3) is 0 Å². The van der Waals surface area contributed by atoms with Gasteiger partial charge < -0.3 is 0 Å². The van der Waals surface area contributed by atoms with Crippen molar-refractivity contribution in [1.82, 2.24) is 4.72 Å². The topological polar surface area (TPSA) is 12.0 Å². The number of nitrogens with one attached hydrogen (secondary N) is 1. The average molecular weight is 167 g/mol. The van der Waals surface area contributed by atoms with Gasteiger partial charge in [0.15, 0.2) is 0 Å². The van der Waals surface area contributed by atoms with Crippen molar-refractivity contribution in [3.05, 3.63) is 0 Å². The molecular weight excluding hydrogens is 150 g/mol. The Labute approximate surface area is 65.5 Å². The van der Waals surface area contributed by atoms with Gasteiger partial charge in [0.25, 0.3) is 0 Å². The third-order valence-corrected chi connectivity index (χ3v) is 2.78. The summed E-state index contributed by atoms with van der Waals surface area (Å²) < 4.78 is 2.85. The van der Waals surface area contributed by atoms with Crippen LogP contribution in [0.3, 0.4) is 0 Å². The van der Waals surface area contributed by atoms with Gasteiger partial charge >= 0.3 is 0 Å². The Morgan fingerprint density at radius 3 is 2.22 bits per heavy atom. The van der Waals surface area contributed by atoms with E-state index >= 15 is 0 Å². The number of rotatable bonds is 4. The first kappa shape index (κ1) is 9.66. The maximum atomic E-state index is 3.91. The molecule has 0 saturated carbocycles. The van der Waals surface area contributed by atoms with Crippen LogP contribution in [0.4, 0.5) is 0 Å². The predicted molar refractivity (Wildman–Crippen MR) is 51.8 cm³/mol. The second kappa shape index (κ2) is 4.47. The molecule has 0 aromatic carbocycles. The molecule has 9 heavy (non-hydrogen) atoms. The zero-order chi connectivity index (χ0) is 7.33. The Morgan fingerprint density at radius 2 is 1.89 bits per heavy atom. The van der Waals surface area contributed by atoms with E-state index in [4.69, 9.17) is 0 Å². The second-order valence-corrected chi connectivity index (χ2v) is 7.96. The van der Waals surface area contributed by atoms with E-state index in [1.165, 1.54) is 12.2 Å². The van der Waals surface area contributed by atoms with E-state index in [9.17, 15) is 0 Å². The Hall–Kier alpha value is 0.660. The summed E-state index contributed by atoms with van der Waals surface area (Å²) in [5.41, 5.74) is 0. The zero-order valence-corrected chi connectivity index (χ0v) is 8.19. The minimum absolute atomic E-state index is 0.270. The molecule has 0 rings (SSSR count). The van der Waals surface area contributed by atoms with Crippen molar-refractivity contribution in [2.45, 2.75) is 6.42 Å². The zero-order valence-electron chi connectivity index (χ0n) is 6.48. The van der Waals surface area contributed by atoms with Gasteiger partial charge in [0.2, 0.25) is 0 Å². The van der Waals surface area contributed by atoms with E-state index in [2.05, 4.69) is 36.3 Å². The Morgan fingerprint density at radius 1 is 1.33 bits per heavy atom.